The second kappa shape index (κ2) is 7.87. The van der Waals surface area contributed by atoms with Gasteiger partial charge in [0.2, 0.25) is 5.91 Å². The van der Waals surface area contributed by atoms with Crippen LogP contribution in [0.4, 0.5) is 5.69 Å². The number of fused-ring (bicyclic) bond motifs is 5. The van der Waals surface area contributed by atoms with E-state index in [0.717, 1.165) is 5.69 Å². The van der Waals surface area contributed by atoms with Crippen LogP contribution < -0.4 is 40.5 Å². The maximum atomic E-state index is 11.9. The van der Waals surface area contributed by atoms with Gasteiger partial charge in [0, 0.05) is 5.69 Å². The number of carbonyl (C=O) groups is 1. The third-order valence-electron chi connectivity index (χ3n) is 4.72. The molecular weight excluding hydrogens is 409 g/mol. The molecule has 2 N–H and O–H groups in total. The molecule has 0 saturated heterocycles. The van der Waals surface area contributed by atoms with Gasteiger partial charge in [0.15, 0.2) is 0 Å². The molecule has 3 nitrogen and oxygen atoms in total. The summed E-state index contributed by atoms with van der Waals surface area (Å²) in [6, 6.07) is 12.8. The van der Waals surface area contributed by atoms with Crippen LogP contribution in [0.3, 0.4) is 0 Å². The van der Waals surface area contributed by atoms with E-state index in [9.17, 15) is 4.79 Å². The molecule has 0 fully saturated rings. The zero-order valence-electron chi connectivity index (χ0n) is 14.0. The number of hydrogen-bond donors (Lipinski definition) is 2. The number of hydrogen-bond acceptors (Lipinski definition) is 2. The number of rotatable bonds is 3. The van der Waals surface area contributed by atoms with Gasteiger partial charge in [0.1, 0.15) is 0 Å². The Balaban J connectivity index is 0.00000104. The van der Waals surface area contributed by atoms with Crippen LogP contribution in [-0.2, 0) is 26.5 Å². The van der Waals surface area contributed by atoms with Gasteiger partial charge in [0.25, 0.3) is 0 Å². The van der Waals surface area contributed by atoms with Crippen molar-refractivity contribution < 1.29 is 56.4 Å². The minimum atomic E-state index is -1.54. The maximum absolute atomic E-state index is 11.9. The van der Waals surface area contributed by atoms with Gasteiger partial charge in [-0.2, -0.15) is 0 Å². The van der Waals surface area contributed by atoms with Crippen LogP contribution in [0.2, 0.25) is 13.1 Å². The first-order valence-corrected chi connectivity index (χ1v) is 10.6. The van der Waals surface area contributed by atoms with E-state index in [1.165, 1.54) is 31.9 Å². The van der Waals surface area contributed by atoms with E-state index in [-0.39, 0.29) is 65.5 Å². The zero-order chi connectivity index (χ0) is 15.5. The summed E-state index contributed by atoms with van der Waals surface area (Å²) in [6.07, 6.45) is 0.149. The van der Waals surface area contributed by atoms with Crippen LogP contribution in [0, 0.1) is 0 Å². The second-order valence-corrected chi connectivity index (χ2v) is 10.8. The van der Waals surface area contributed by atoms with Crippen molar-refractivity contribution >= 4 is 51.6 Å². The number of anilines is 1. The molecule has 1 aliphatic rings. The molecule has 0 unspecified atom stereocenters. The monoisotopic (exact) mass is 426 g/mol. The fraction of sp³-hybridized carbons (Fsp3) is 0.222. The number of nitrogens with one attached hydrogen (secondary N) is 1. The third-order valence-corrected chi connectivity index (χ3v) is 8.01. The van der Waals surface area contributed by atoms with Crippen LogP contribution in [-0.4, -0.2) is 25.7 Å². The number of aliphatic hydroxyl groups is 1. The van der Waals surface area contributed by atoms with Crippen LogP contribution >= 0.6 is 0 Å². The molecule has 1 amide bonds. The maximum Gasteiger partial charge on any atom is 3.00 e. The van der Waals surface area contributed by atoms with Crippen molar-refractivity contribution in [2.75, 3.05) is 11.9 Å². The standard InChI is InChI=1S/C18H18NO2Si.2ClH.Ti/c1-22(2)17-14-9-11-5-3-4-6-12(11)13(14)10-15(18(17)22)19-16(21)7-8-20;;;/h3-6,9-10,20H,7-8H2,1-2H3,(H,19,21);2*1H;/q-1;;;+3/p-2. The van der Waals surface area contributed by atoms with Gasteiger partial charge in [-0.15, -0.1) is 38.9 Å². The normalized spacial score (nSPS) is 13.2. The molecule has 0 aromatic heterocycles. The molecule has 0 aliphatic carbocycles. The minimum Gasteiger partial charge on any atom is -1.00 e. The molecule has 4 rings (SSSR count). The van der Waals surface area contributed by atoms with E-state index in [1.54, 1.807) is 0 Å². The Morgan fingerprint density at radius 1 is 1.16 bits per heavy atom. The average molecular weight is 427 g/mol. The molecule has 0 spiro atoms. The van der Waals surface area contributed by atoms with Gasteiger partial charge in [0.05, 0.1) is 21.1 Å². The predicted molar refractivity (Wildman–Crippen MR) is 94.1 cm³/mol. The zero-order valence-corrected chi connectivity index (χ0v) is 18.1. The van der Waals surface area contributed by atoms with E-state index in [2.05, 4.69) is 54.8 Å². The summed E-state index contributed by atoms with van der Waals surface area (Å²) in [5.41, 5.74) is 0.953. The number of benzene rings is 2. The van der Waals surface area contributed by atoms with Crippen molar-refractivity contribution in [2.45, 2.75) is 19.5 Å². The van der Waals surface area contributed by atoms with Gasteiger partial charge in [-0.1, -0.05) is 42.5 Å². The molecule has 3 aromatic rings. The smallest absolute Gasteiger partial charge is 1.00 e. The Bertz CT molecular complexity index is 940. The minimum absolute atomic E-state index is 0. The average Bonchev–Trinajstić information content (AvgIpc) is 2.89. The Kier molecular flexibility index (Phi) is 7.02. The fourth-order valence-corrected chi connectivity index (χ4v) is 7.29. The topological polar surface area (TPSA) is 49.3 Å². The van der Waals surface area contributed by atoms with Crippen molar-refractivity contribution in [3.05, 3.63) is 36.4 Å². The van der Waals surface area contributed by atoms with Crippen molar-refractivity contribution in [1.82, 2.24) is 0 Å². The Labute approximate surface area is 175 Å². The molecule has 1 aliphatic heterocycles. The Hall–Kier alpha value is -0.749. The first kappa shape index (κ1) is 22.3. The molecule has 0 bridgehead atoms. The summed E-state index contributed by atoms with van der Waals surface area (Å²) in [6.45, 7) is 4.54. The van der Waals surface area contributed by atoms with Gasteiger partial charge >= 0.3 is 21.7 Å². The molecule has 25 heavy (non-hydrogen) atoms. The summed E-state index contributed by atoms with van der Waals surface area (Å²) in [5.74, 6) is -0.114. The van der Waals surface area contributed by atoms with Crippen LogP contribution in [0.15, 0.2) is 36.4 Å². The number of amides is 1. The second-order valence-electron chi connectivity index (χ2n) is 6.51. The SMILES string of the molecule is C[Si]1(C)c2c(NC(=O)CCO)cc3c([cH-]c4ccccc43)c21.[Cl-].[Cl-].[Ti+3]. The van der Waals surface area contributed by atoms with Crippen molar-refractivity contribution in [2.24, 2.45) is 0 Å². The molecule has 129 valence electrons. The molecule has 3 aromatic carbocycles. The third kappa shape index (κ3) is 3.44. The predicted octanol–water partition coefficient (Wildman–Crippen LogP) is -3.83. The first-order valence-electron chi connectivity index (χ1n) is 7.61. The van der Waals surface area contributed by atoms with Crippen LogP contribution in [0.1, 0.15) is 6.42 Å². The van der Waals surface area contributed by atoms with Gasteiger partial charge in [-0.25, -0.2) is 0 Å². The molecule has 0 saturated carbocycles. The molecule has 0 atom stereocenters. The van der Waals surface area contributed by atoms with Crippen molar-refractivity contribution in [3.63, 3.8) is 0 Å². The summed E-state index contributed by atoms with van der Waals surface area (Å²) in [5, 5.41) is 19.9. The fourth-order valence-electron chi connectivity index (χ4n) is 3.65. The van der Waals surface area contributed by atoms with Gasteiger partial charge < -0.3 is 35.2 Å². The van der Waals surface area contributed by atoms with Crippen LogP contribution in [0.5, 0.6) is 0 Å². The van der Waals surface area contributed by atoms with E-state index >= 15 is 0 Å². The Morgan fingerprint density at radius 2 is 1.84 bits per heavy atom. The first-order chi connectivity index (χ1) is 10.5. The van der Waals surface area contributed by atoms with E-state index in [1.807, 2.05) is 0 Å². The largest absolute Gasteiger partial charge is 3.00 e. The molecular formula is C18H18Cl2NO2SiTi. The number of aliphatic hydroxyl groups excluding tert-OH is 1. The van der Waals surface area contributed by atoms with Crippen molar-refractivity contribution in [1.29, 1.82) is 0 Å². The summed E-state index contributed by atoms with van der Waals surface area (Å²) >= 11 is 0. The number of carbonyl (C=O) groups excluding carboxylic acids is 1. The molecule has 1 heterocycles. The van der Waals surface area contributed by atoms with E-state index in [0.29, 0.717) is 0 Å². The molecule has 1 radical (unpaired) electrons. The van der Waals surface area contributed by atoms with E-state index < -0.39 is 8.07 Å². The van der Waals surface area contributed by atoms with E-state index in [4.69, 9.17) is 5.11 Å². The summed E-state index contributed by atoms with van der Waals surface area (Å²) < 4.78 is 0. The van der Waals surface area contributed by atoms with Gasteiger partial charge in [-0.3, -0.25) is 4.79 Å². The summed E-state index contributed by atoms with van der Waals surface area (Å²) in [4.78, 5) is 11.9. The van der Waals surface area contributed by atoms with Gasteiger partial charge in [-0.05, 0) is 0 Å². The van der Waals surface area contributed by atoms with Crippen molar-refractivity contribution in [3.8, 4) is 0 Å². The summed E-state index contributed by atoms with van der Waals surface area (Å²) in [7, 11) is -1.54. The Morgan fingerprint density at radius 3 is 2.52 bits per heavy atom. The number of halogens is 2. The molecule has 7 heteroatoms. The van der Waals surface area contributed by atoms with Crippen LogP contribution in [0.25, 0.3) is 21.5 Å². The quantitative estimate of drug-likeness (QED) is 0.333.